The Labute approximate surface area is 223 Å². The van der Waals surface area contributed by atoms with Crippen LogP contribution in [0.15, 0.2) is 48.5 Å². The van der Waals surface area contributed by atoms with Crippen LogP contribution in [0.1, 0.15) is 49.2 Å². The fourth-order valence-corrected chi connectivity index (χ4v) is 4.44. The van der Waals surface area contributed by atoms with Crippen LogP contribution >= 0.6 is 11.6 Å². The first-order chi connectivity index (χ1) is 17.9. The number of nitrogens with zero attached hydrogens (tertiary/aromatic N) is 3. The quantitative estimate of drug-likeness (QED) is 0.306. The molecule has 2 aromatic carbocycles. The van der Waals surface area contributed by atoms with Gasteiger partial charge in [0, 0.05) is 30.5 Å². The lowest BCUT2D eigenvalue weighted by atomic mass is 9.92. The van der Waals surface area contributed by atoms with Gasteiger partial charge in [-0.1, -0.05) is 50.1 Å². The van der Waals surface area contributed by atoms with Crippen molar-refractivity contribution in [2.24, 2.45) is 11.8 Å². The van der Waals surface area contributed by atoms with Crippen molar-refractivity contribution in [1.82, 2.24) is 9.55 Å². The van der Waals surface area contributed by atoms with Crippen molar-refractivity contribution < 1.29 is 32.2 Å². The first-order valence-corrected chi connectivity index (χ1v) is 12.5. The average Bonchev–Trinajstić information content (AvgIpc) is 3.15. The number of alkyl halides is 3. The number of anilines is 1. The summed E-state index contributed by atoms with van der Waals surface area (Å²) in [4.78, 5) is 32.6. The second-order valence-electron chi connectivity index (χ2n) is 9.60. The van der Waals surface area contributed by atoms with Crippen LogP contribution in [0.25, 0.3) is 0 Å². The molecule has 1 aliphatic rings. The Bertz CT molecular complexity index is 1320. The fraction of sp³-hybridized carbons (Fsp3) is 0.370. The monoisotopic (exact) mass is 549 g/mol. The van der Waals surface area contributed by atoms with Crippen molar-refractivity contribution in [3.05, 3.63) is 64.8 Å². The van der Waals surface area contributed by atoms with E-state index in [1.807, 2.05) is 0 Å². The molecule has 0 aliphatic carbocycles. The Morgan fingerprint density at radius 1 is 1.11 bits per heavy atom. The van der Waals surface area contributed by atoms with Crippen LogP contribution in [0.3, 0.4) is 0 Å². The van der Waals surface area contributed by atoms with E-state index in [2.05, 4.69) is 23.6 Å². The summed E-state index contributed by atoms with van der Waals surface area (Å²) in [5, 5.41) is 0.533. The van der Waals surface area contributed by atoms with Crippen molar-refractivity contribution in [3.8, 4) is 17.5 Å². The molecule has 0 N–H and O–H groups in total. The summed E-state index contributed by atoms with van der Waals surface area (Å²) < 4.78 is 49.6. The standard InChI is InChI=1S/C27H27ClF3N3O4/c1-16(2)7-10-18-13-22(35)23-24(33(3)25(18)36)32-26(34(23)15-17-8-11-19(28)12-9-17)37-20-5-4-6-21(14-20)38-27(29,30)31/h4-6,8-9,11-12,14,16,18H,7,10,13,15H2,1-3H3. The third-order valence-electron chi connectivity index (χ3n) is 6.20. The highest BCUT2D eigenvalue weighted by Crippen LogP contribution is 2.36. The van der Waals surface area contributed by atoms with Gasteiger partial charge in [-0.05, 0) is 42.2 Å². The van der Waals surface area contributed by atoms with Crippen molar-refractivity contribution >= 4 is 29.1 Å². The van der Waals surface area contributed by atoms with Gasteiger partial charge < -0.3 is 9.47 Å². The number of halogens is 4. The van der Waals surface area contributed by atoms with Crippen molar-refractivity contribution in [1.29, 1.82) is 0 Å². The zero-order chi connectivity index (χ0) is 27.6. The summed E-state index contributed by atoms with van der Waals surface area (Å²) in [5.41, 5.74) is 0.969. The van der Waals surface area contributed by atoms with Crippen LogP contribution in [0, 0.1) is 11.8 Å². The molecule has 0 radical (unpaired) electrons. The summed E-state index contributed by atoms with van der Waals surface area (Å²) in [5.74, 6) is -0.905. The zero-order valence-electron chi connectivity index (χ0n) is 21.1. The molecule has 0 bridgehead atoms. The number of Topliss-reactive ketones (excluding diaryl/α,β-unsaturated/α-hetero) is 1. The second-order valence-corrected chi connectivity index (χ2v) is 10.0. The number of carbonyl (C=O) groups excluding carboxylic acids is 2. The van der Waals surface area contributed by atoms with Gasteiger partial charge in [-0.25, -0.2) is 0 Å². The summed E-state index contributed by atoms with van der Waals surface area (Å²) >= 11 is 6.02. The van der Waals surface area contributed by atoms with E-state index < -0.39 is 18.0 Å². The maximum Gasteiger partial charge on any atom is 0.573 e. The molecule has 0 saturated carbocycles. The van der Waals surface area contributed by atoms with Crippen LogP contribution in [-0.2, 0) is 11.3 Å². The molecular weight excluding hydrogens is 523 g/mol. The number of amides is 1. The Balaban J connectivity index is 1.74. The smallest absolute Gasteiger partial charge is 0.425 e. The normalized spacial score (nSPS) is 16.0. The van der Waals surface area contributed by atoms with Gasteiger partial charge in [0.2, 0.25) is 5.91 Å². The molecule has 38 heavy (non-hydrogen) atoms. The predicted molar refractivity (Wildman–Crippen MR) is 136 cm³/mol. The Morgan fingerprint density at radius 2 is 1.79 bits per heavy atom. The summed E-state index contributed by atoms with van der Waals surface area (Å²) in [6, 6.07) is 11.9. The van der Waals surface area contributed by atoms with Gasteiger partial charge in [-0.3, -0.25) is 19.1 Å². The number of ketones is 1. The average molecular weight is 550 g/mol. The van der Waals surface area contributed by atoms with E-state index in [-0.39, 0.29) is 47.9 Å². The fourth-order valence-electron chi connectivity index (χ4n) is 4.31. The number of imidazole rings is 1. The van der Waals surface area contributed by atoms with E-state index in [0.29, 0.717) is 17.4 Å². The topological polar surface area (TPSA) is 73.7 Å². The van der Waals surface area contributed by atoms with E-state index in [4.69, 9.17) is 16.3 Å². The zero-order valence-corrected chi connectivity index (χ0v) is 21.8. The summed E-state index contributed by atoms with van der Waals surface area (Å²) in [7, 11) is 1.56. The molecule has 1 unspecified atom stereocenters. The number of hydrogen-bond acceptors (Lipinski definition) is 5. The van der Waals surface area contributed by atoms with Crippen LogP contribution in [0.5, 0.6) is 17.5 Å². The van der Waals surface area contributed by atoms with Crippen LogP contribution in [-0.4, -0.2) is 34.7 Å². The predicted octanol–water partition coefficient (Wildman–Crippen LogP) is 6.88. The number of fused-ring (bicyclic) bond motifs is 1. The largest absolute Gasteiger partial charge is 0.573 e. The van der Waals surface area contributed by atoms with E-state index in [9.17, 15) is 22.8 Å². The lowest BCUT2D eigenvalue weighted by molar-refractivity contribution is -0.274. The van der Waals surface area contributed by atoms with Gasteiger partial charge in [0.1, 0.15) is 17.2 Å². The molecule has 202 valence electrons. The van der Waals surface area contributed by atoms with Crippen molar-refractivity contribution in [3.63, 3.8) is 0 Å². The van der Waals surface area contributed by atoms with Crippen molar-refractivity contribution in [2.75, 3.05) is 11.9 Å². The SMILES string of the molecule is CC(C)CCC1CC(=O)c2c(nc(Oc3cccc(OC(F)(F)F)c3)n2Cc2ccc(Cl)cc2)N(C)C1=O. The summed E-state index contributed by atoms with van der Waals surface area (Å²) in [6.07, 6.45) is -3.48. The molecule has 2 heterocycles. The van der Waals surface area contributed by atoms with Gasteiger partial charge in [0.25, 0.3) is 0 Å². The van der Waals surface area contributed by atoms with Gasteiger partial charge in [-0.2, -0.15) is 4.98 Å². The molecular formula is C27H27ClF3N3O4. The number of benzene rings is 2. The molecule has 1 aliphatic heterocycles. The van der Waals surface area contributed by atoms with Crippen LogP contribution in [0.2, 0.25) is 5.02 Å². The lowest BCUT2D eigenvalue weighted by Crippen LogP contribution is -2.32. The number of rotatable bonds is 8. The maximum atomic E-state index is 13.5. The molecule has 0 saturated heterocycles. The van der Waals surface area contributed by atoms with Gasteiger partial charge in [-0.15, -0.1) is 13.2 Å². The number of ether oxygens (including phenoxy) is 2. The molecule has 3 aromatic rings. The molecule has 1 atom stereocenters. The lowest BCUT2D eigenvalue weighted by Gasteiger charge is -2.19. The highest BCUT2D eigenvalue weighted by molar-refractivity contribution is 6.30. The van der Waals surface area contributed by atoms with E-state index >= 15 is 0 Å². The third kappa shape index (κ3) is 6.48. The van der Waals surface area contributed by atoms with Gasteiger partial charge in [0.15, 0.2) is 11.6 Å². The highest BCUT2D eigenvalue weighted by Gasteiger charge is 2.37. The van der Waals surface area contributed by atoms with Crippen LogP contribution in [0.4, 0.5) is 19.0 Å². The Kier molecular flexibility index (Phi) is 8.01. The minimum absolute atomic E-state index is 0.0144. The van der Waals surface area contributed by atoms with E-state index in [1.165, 1.54) is 21.6 Å². The first kappa shape index (κ1) is 27.5. The van der Waals surface area contributed by atoms with Crippen molar-refractivity contribution in [2.45, 2.75) is 46.0 Å². The van der Waals surface area contributed by atoms with Crippen LogP contribution < -0.4 is 14.4 Å². The minimum Gasteiger partial charge on any atom is -0.425 e. The second kappa shape index (κ2) is 11.1. The number of hydrogen-bond donors (Lipinski definition) is 0. The molecule has 11 heteroatoms. The minimum atomic E-state index is -4.87. The Morgan fingerprint density at radius 3 is 2.45 bits per heavy atom. The molecule has 7 nitrogen and oxygen atoms in total. The number of carbonyl (C=O) groups is 2. The molecule has 1 amide bonds. The van der Waals surface area contributed by atoms with E-state index in [1.54, 1.807) is 31.3 Å². The van der Waals surface area contributed by atoms with Gasteiger partial charge in [0.05, 0.1) is 6.54 Å². The highest BCUT2D eigenvalue weighted by atomic mass is 35.5. The van der Waals surface area contributed by atoms with E-state index in [0.717, 1.165) is 24.1 Å². The Hall–Kier alpha value is -3.53. The maximum absolute atomic E-state index is 13.5. The molecule has 1 aromatic heterocycles. The molecule has 4 rings (SSSR count). The summed E-state index contributed by atoms with van der Waals surface area (Å²) in [6.45, 7) is 4.26. The molecule has 0 spiro atoms. The first-order valence-electron chi connectivity index (χ1n) is 12.1. The number of aromatic nitrogens is 2. The van der Waals surface area contributed by atoms with Gasteiger partial charge >= 0.3 is 12.4 Å². The molecule has 0 fully saturated rings. The third-order valence-corrected chi connectivity index (χ3v) is 6.45.